The highest BCUT2D eigenvalue weighted by molar-refractivity contribution is 6.06. The van der Waals surface area contributed by atoms with Gasteiger partial charge in [-0.2, -0.15) is 0 Å². The summed E-state index contributed by atoms with van der Waals surface area (Å²) in [7, 11) is 1.81. The van der Waals surface area contributed by atoms with Crippen LogP contribution in [-0.2, 0) is 0 Å². The molecule has 0 bridgehead atoms. The van der Waals surface area contributed by atoms with Crippen molar-refractivity contribution in [1.82, 2.24) is 5.32 Å². The lowest BCUT2D eigenvalue weighted by Gasteiger charge is -2.27. The molecule has 0 radical (unpaired) electrons. The number of rotatable bonds is 4. The van der Waals surface area contributed by atoms with E-state index in [9.17, 15) is 0 Å². The molecule has 0 spiro atoms. The molecule has 1 heterocycles. The number of aliphatic imine (C=N–C) groups is 2. The summed E-state index contributed by atoms with van der Waals surface area (Å²) in [6, 6.07) is 8.52. The van der Waals surface area contributed by atoms with Crippen molar-refractivity contribution < 1.29 is 0 Å². The Hall–Kier alpha value is -3.20. The fraction of sp³-hybridized carbons (Fsp3) is 0.200. The lowest BCUT2D eigenvalue weighted by Crippen LogP contribution is -2.34. The van der Waals surface area contributed by atoms with Crippen molar-refractivity contribution in [3.8, 4) is 0 Å². The third-order valence-corrected chi connectivity index (χ3v) is 5.29. The van der Waals surface area contributed by atoms with Crippen LogP contribution in [0.25, 0.3) is 11.8 Å². The lowest BCUT2D eigenvalue weighted by atomic mass is 9.85. The van der Waals surface area contributed by atoms with Crippen LogP contribution in [0.5, 0.6) is 0 Å². The van der Waals surface area contributed by atoms with Crippen molar-refractivity contribution in [1.29, 1.82) is 0 Å². The summed E-state index contributed by atoms with van der Waals surface area (Å²) < 4.78 is 0. The third kappa shape index (κ3) is 3.61. The monoisotopic (exact) mass is 367 g/mol. The molecule has 28 heavy (non-hydrogen) atoms. The summed E-state index contributed by atoms with van der Waals surface area (Å²) >= 11 is 0. The first-order valence-corrected chi connectivity index (χ1v) is 9.76. The van der Waals surface area contributed by atoms with Gasteiger partial charge in [0.15, 0.2) is 0 Å². The van der Waals surface area contributed by atoms with Crippen LogP contribution in [0.1, 0.15) is 19.8 Å². The van der Waals surface area contributed by atoms with Gasteiger partial charge in [0.25, 0.3) is 0 Å². The quantitative estimate of drug-likeness (QED) is 0.812. The van der Waals surface area contributed by atoms with E-state index in [0.29, 0.717) is 0 Å². The molecule has 0 saturated heterocycles. The Balaban J connectivity index is 1.69. The van der Waals surface area contributed by atoms with Crippen molar-refractivity contribution >= 4 is 23.7 Å². The van der Waals surface area contributed by atoms with Gasteiger partial charge < -0.3 is 5.32 Å². The molecule has 1 aromatic rings. The molecule has 1 N–H and O–H groups in total. The minimum Gasteiger partial charge on any atom is -0.357 e. The Morgan fingerprint density at radius 2 is 2.11 bits per heavy atom. The lowest BCUT2D eigenvalue weighted by molar-refractivity contribution is 0.812. The van der Waals surface area contributed by atoms with E-state index in [2.05, 4.69) is 77.1 Å². The molecule has 4 rings (SSSR count). The topological polar surface area (TPSA) is 36.8 Å². The maximum absolute atomic E-state index is 4.84. The van der Waals surface area contributed by atoms with Gasteiger partial charge in [0.05, 0.1) is 11.4 Å². The number of hydrogen-bond acceptors (Lipinski definition) is 3. The van der Waals surface area contributed by atoms with Crippen LogP contribution in [-0.4, -0.2) is 19.0 Å². The Labute approximate surface area is 166 Å². The van der Waals surface area contributed by atoms with E-state index >= 15 is 0 Å². The standard InChI is InChI=1S/C25H25N3/c1-3-18(16-26-2)21-15-20-11-8-14-24(25(20)27-17-21)28-23-13-7-5-10-19-9-4-6-12-22(19)23/h3-12,14,16-17,20,28H,13,15H2,1-2H3/b18-3+,26-16?. The summed E-state index contributed by atoms with van der Waals surface area (Å²) in [6.07, 6.45) is 20.8. The number of allylic oxidation sites excluding steroid dienone is 8. The van der Waals surface area contributed by atoms with E-state index in [0.717, 1.165) is 29.8 Å². The molecule has 3 heteroatoms. The maximum Gasteiger partial charge on any atom is 0.0710 e. The first-order valence-electron chi connectivity index (χ1n) is 9.76. The number of nitrogens with zero attached hydrogens (tertiary/aromatic N) is 2. The summed E-state index contributed by atoms with van der Waals surface area (Å²) in [5.41, 5.74) is 5.80. The second kappa shape index (κ2) is 8.22. The summed E-state index contributed by atoms with van der Waals surface area (Å²) in [6.45, 7) is 2.05. The summed E-state index contributed by atoms with van der Waals surface area (Å²) in [4.78, 5) is 9.01. The molecule has 2 aliphatic carbocycles. The molecule has 0 saturated carbocycles. The first kappa shape index (κ1) is 18.2. The SMILES string of the molecule is C/C=C(\C=NC)C1=CN=C2C(NC3=c4ccccc4=CC=CC3)=CC=CC2C1. The highest BCUT2D eigenvalue weighted by Crippen LogP contribution is 2.29. The van der Waals surface area contributed by atoms with Gasteiger partial charge in [-0.3, -0.25) is 9.98 Å². The zero-order valence-electron chi connectivity index (χ0n) is 16.4. The van der Waals surface area contributed by atoms with Crippen LogP contribution in [0, 0.1) is 5.92 Å². The number of benzene rings is 1. The van der Waals surface area contributed by atoms with E-state index in [1.165, 1.54) is 21.7 Å². The first-order chi connectivity index (χ1) is 13.8. The second-order valence-electron chi connectivity index (χ2n) is 7.07. The number of hydrogen-bond donors (Lipinski definition) is 1. The van der Waals surface area contributed by atoms with Crippen molar-refractivity contribution in [2.24, 2.45) is 15.9 Å². The Kier molecular flexibility index (Phi) is 5.34. The van der Waals surface area contributed by atoms with Gasteiger partial charge in [0.1, 0.15) is 0 Å². The van der Waals surface area contributed by atoms with Gasteiger partial charge in [-0.25, -0.2) is 0 Å². The summed E-state index contributed by atoms with van der Waals surface area (Å²) in [5, 5.41) is 6.19. The van der Waals surface area contributed by atoms with Gasteiger partial charge in [-0.15, -0.1) is 0 Å². The van der Waals surface area contributed by atoms with E-state index in [1.807, 2.05) is 19.3 Å². The number of nitrogens with one attached hydrogen (secondary N) is 1. The van der Waals surface area contributed by atoms with E-state index < -0.39 is 0 Å². The van der Waals surface area contributed by atoms with Crippen LogP contribution < -0.4 is 15.8 Å². The molecule has 3 aliphatic rings. The highest BCUT2D eigenvalue weighted by Gasteiger charge is 2.25. The van der Waals surface area contributed by atoms with Crippen LogP contribution in [0.2, 0.25) is 0 Å². The minimum atomic E-state index is 0.288. The molecule has 140 valence electrons. The van der Waals surface area contributed by atoms with Gasteiger partial charge in [0.2, 0.25) is 0 Å². The molecule has 1 aromatic carbocycles. The fourth-order valence-corrected chi connectivity index (χ4v) is 3.87. The zero-order valence-corrected chi connectivity index (χ0v) is 16.4. The predicted molar refractivity (Wildman–Crippen MR) is 119 cm³/mol. The average molecular weight is 367 g/mol. The molecule has 3 nitrogen and oxygen atoms in total. The molecule has 1 atom stereocenters. The Bertz CT molecular complexity index is 1100. The van der Waals surface area contributed by atoms with Gasteiger partial charge >= 0.3 is 0 Å². The molecule has 1 unspecified atom stereocenters. The normalized spacial score (nSPS) is 21.2. The van der Waals surface area contributed by atoms with E-state index in [4.69, 9.17) is 4.99 Å². The van der Waals surface area contributed by atoms with Gasteiger partial charge in [-0.1, -0.05) is 60.7 Å². The van der Waals surface area contributed by atoms with E-state index in [1.54, 1.807) is 7.05 Å². The highest BCUT2D eigenvalue weighted by atomic mass is 14.9. The van der Waals surface area contributed by atoms with Crippen molar-refractivity contribution in [3.05, 3.63) is 94.2 Å². The largest absolute Gasteiger partial charge is 0.357 e. The molecule has 1 aliphatic heterocycles. The maximum atomic E-state index is 4.84. The van der Waals surface area contributed by atoms with Gasteiger partial charge in [0, 0.05) is 42.7 Å². The van der Waals surface area contributed by atoms with Crippen LogP contribution in [0.4, 0.5) is 0 Å². The smallest absolute Gasteiger partial charge is 0.0710 e. The minimum absolute atomic E-state index is 0.288. The van der Waals surface area contributed by atoms with Crippen molar-refractivity contribution in [3.63, 3.8) is 0 Å². The van der Waals surface area contributed by atoms with Crippen molar-refractivity contribution in [2.45, 2.75) is 19.8 Å². The predicted octanol–water partition coefficient (Wildman–Crippen LogP) is 3.57. The van der Waals surface area contributed by atoms with Crippen LogP contribution in [0.3, 0.4) is 0 Å². The zero-order chi connectivity index (χ0) is 19.3. The molecule has 0 amide bonds. The third-order valence-electron chi connectivity index (χ3n) is 5.29. The van der Waals surface area contributed by atoms with Crippen LogP contribution in [0.15, 0.2) is 93.7 Å². The molecule has 0 aromatic heterocycles. The number of fused-ring (bicyclic) bond motifs is 2. The summed E-state index contributed by atoms with van der Waals surface area (Å²) in [5.74, 6) is 0.288. The average Bonchev–Trinajstić information content (AvgIpc) is 2.94. The Morgan fingerprint density at radius 3 is 2.96 bits per heavy atom. The molecular formula is C25H25N3. The fourth-order valence-electron chi connectivity index (χ4n) is 3.87. The van der Waals surface area contributed by atoms with E-state index in [-0.39, 0.29) is 5.92 Å². The Morgan fingerprint density at radius 1 is 1.21 bits per heavy atom. The second-order valence-corrected chi connectivity index (χ2v) is 7.07. The van der Waals surface area contributed by atoms with Gasteiger partial charge in [-0.05, 0) is 35.8 Å². The van der Waals surface area contributed by atoms with Crippen molar-refractivity contribution in [2.75, 3.05) is 7.05 Å². The molecule has 0 fully saturated rings. The molecular weight excluding hydrogens is 342 g/mol. The van der Waals surface area contributed by atoms with Crippen LogP contribution >= 0.6 is 0 Å².